The summed E-state index contributed by atoms with van der Waals surface area (Å²) in [5.74, 6) is 0.479. The van der Waals surface area contributed by atoms with Crippen molar-refractivity contribution >= 4 is 17.7 Å². The summed E-state index contributed by atoms with van der Waals surface area (Å²) in [5.41, 5.74) is 0.779. The van der Waals surface area contributed by atoms with Crippen LogP contribution in [0.4, 0.5) is 4.39 Å². The Balaban J connectivity index is 1.85. The number of hydrogen-bond donors (Lipinski definition) is 1. The monoisotopic (exact) mass is 405 g/mol. The third-order valence-corrected chi connectivity index (χ3v) is 6.29. The van der Waals surface area contributed by atoms with Crippen LogP contribution in [0.3, 0.4) is 0 Å². The molecule has 1 amide bonds. The van der Waals surface area contributed by atoms with Crippen LogP contribution in [-0.2, 0) is 4.79 Å². The van der Waals surface area contributed by atoms with E-state index >= 15 is 0 Å². The lowest BCUT2D eigenvalue weighted by atomic mass is 10.2. The van der Waals surface area contributed by atoms with Crippen LogP contribution in [0.25, 0.3) is 5.69 Å². The van der Waals surface area contributed by atoms with E-state index in [1.165, 1.54) is 36.7 Å². The molecule has 1 aliphatic carbocycles. The third kappa shape index (κ3) is 4.72. The van der Waals surface area contributed by atoms with E-state index in [9.17, 15) is 9.18 Å². The molecule has 1 fully saturated rings. The smallest absolute Gasteiger partial charge is 0.233 e. The van der Waals surface area contributed by atoms with Crippen molar-refractivity contribution in [2.45, 2.75) is 62.0 Å². The van der Waals surface area contributed by atoms with Crippen LogP contribution in [0.2, 0.25) is 0 Å². The van der Waals surface area contributed by atoms with Gasteiger partial charge in [-0.3, -0.25) is 14.3 Å². The molecule has 0 bridgehead atoms. The van der Waals surface area contributed by atoms with Gasteiger partial charge in [0.05, 0.1) is 11.3 Å². The lowest BCUT2D eigenvalue weighted by Crippen LogP contribution is -2.37. The normalized spacial score (nSPS) is 17.1. The second-order valence-electron chi connectivity index (χ2n) is 7.54. The second-order valence-corrected chi connectivity index (χ2v) is 8.85. The molecule has 8 heteroatoms. The van der Waals surface area contributed by atoms with Crippen molar-refractivity contribution in [1.29, 1.82) is 0 Å². The predicted octanol–water partition coefficient (Wildman–Crippen LogP) is 3.57. The van der Waals surface area contributed by atoms with Gasteiger partial charge in [0.2, 0.25) is 5.91 Å². The number of halogens is 1. The van der Waals surface area contributed by atoms with Crippen LogP contribution in [0.15, 0.2) is 29.4 Å². The average Bonchev–Trinajstić information content (AvgIpc) is 3.31. The maximum Gasteiger partial charge on any atom is 0.233 e. The first kappa shape index (κ1) is 20.8. The first-order chi connectivity index (χ1) is 13.4. The molecule has 28 heavy (non-hydrogen) atoms. The van der Waals surface area contributed by atoms with Gasteiger partial charge in [0.1, 0.15) is 5.82 Å². The van der Waals surface area contributed by atoms with Gasteiger partial charge in [0.15, 0.2) is 11.0 Å². The highest BCUT2D eigenvalue weighted by atomic mass is 32.2. The number of carbonyl (C=O) groups excluding carboxylic acids is 1. The molecule has 2 atom stereocenters. The third-order valence-electron chi connectivity index (χ3n) is 5.24. The van der Waals surface area contributed by atoms with E-state index in [0.717, 1.165) is 24.4 Å². The van der Waals surface area contributed by atoms with Gasteiger partial charge in [-0.25, -0.2) is 4.39 Å². The quantitative estimate of drug-likeness (QED) is 0.714. The summed E-state index contributed by atoms with van der Waals surface area (Å²) >= 11 is 1.38. The van der Waals surface area contributed by atoms with Crippen LogP contribution in [0, 0.1) is 5.82 Å². The summed E-state index contributed by atoms with van der Waals surface area (Å²) in [5, 5.41) is 12.2. The van der Waals surface area contributed by atoms with Crippen LogP contribution in [0.5, 0.6) is 0 Å². The molecule has 1 aromatic carbocycles. The summed E-state index contributed by atoms with van der Waals surface area (Å²) in [6, 6.07) is 6.55. The Morgan fingerprint density at radius 2 is 1.86 bits per heavy atom. The van der Waals surface area contributed by atoms with Gasteiger partial charge in [0.25, 0.3) is 0 Å². The molecule has 1 heterocycles. The number of rotatable bonds is 7. The van der Waals surface area contributed by atoms with Crippen molar-refractivity contribution in [3.05, 3.63) is 35.9 Å². The van der Waals surface area contributed by atoms with E-state index in [2.05, 4.69) is 15.5 Å². The molecule has 1 N–H and O–H groups in total. The molecule has 1 saturated carbocycles. The van der Waals surface area contributed by atoms with Gasteiger partial charge in [0, 0.05) is 11.7 Å². The van der Waals surface area contributed by atoms with Crippen molar-refractivity contribution < 1.29 is 9.18 Å². The second kappa shape index (κ2) is 9.05. The average molecular weight is 406 g/mol. The lowest BCUT2D eigenvalue weighted by molar-refractivity contribution is -0.120. The number of nitrogens with one attached hydrogen (secondary N) is 1. The number of thioether (sulfide) groups is 1. The van der Waals surface area contributed by atoms with Crippen molar-refractivity contribution in [1.82, 2.24) is 25.0 Å². The molecule has 152 valence electrons. The molecule has 1 aromatic heterocycles. The first-order valence-electron chi connectivity index (χ1n) is 9.71. The van der Waals surface area contributed by atoms with E-state index in [1.54, 1.807) is 12.1 Å². The van der Waals surface area contributed by atoms with Crippen molar-refractivity contribution in [3.63, 3.8) is 0 Å². The largest absolute Gasteiger partial charge is 0.352 e. The minimum Gasteiger partial charge on any atom is -0.352 e. The van der Waals surface area contributed by atoms with Crippen LogP contribution in [-0.4, -0.2) is 51.0 Å². The van der Waals surface area contributed by atoms with Gasteiger partial charge in [-0.1, -0.05) is 24.6 Å². The van der Waals surface area contributed by atoms with E-state index in [0.29, 0.717) is 5.16 Å². The van der Waals surface area contributed by atoms with Crippen LogP contribution >= 0.6 is 11.8 Å². The van der Waals surface area contributed by atoms with Crippen molar-refractivity contribution in [2.24, 2.45) is 0 Å². The Morgan fingerprint density at radius 1 is 1.21 bits per heavy atom. The summed E-state index contributed by atoms with van der Waals surface area (Å²) in [6.45, 7) is 3.92. The molecule has 0 spiro atoms. The maximum atomic E-state index is 13.4. The Hall–Kier alpha value is -1.93. The first-order valence-corrected chi connectivity index (χ1v) is 10.6. The zero-order valence-corrected chi connectivity index (χ0v) is 17.7. The SMILES string of the molecule is C[C@H](Sc1nnc([C@H](C)N(C)C)n1-c1ccc(F)cc1)C(=O)NC1CCCC1. The van der Waals surface area contributed by atoms with E-state index in [1.807, 2.05) is 37.4 Å². The van der Waals surface area contributed by atoms with Crippen molar-refractivity contribution in [2.75, 3.05) is 14.1 Å². The number of aromatic nitrogens is 3. The highest BCUT2D eigenvalue weighted by Crippen LogP contribution is 2.29. The van der Waals surface area contributed by atoms with E-state index in [-0.39, 0.29) is 29.1 Å². The molecule has 3 rings (SSSR count). The zero-order valence-electron chi connectivity index (χ0n) is 16.9. The Bertz CT molecular complexity index is 801. The molecule has 0 radical (unpaired) electrons. The summed E-state index contributed by atoms with van der Waals surface area (Å²) in [4.78, 5) is 14.6. The van der Waals surface area contributed by atoms with Gasteiger partial charge >= 0.3 is 0 Å². The molecular formula is C20H28FN5OS. The number of benzene rings is 1. The molecule has 2 aromatic rings. The number of amides is 1. The van der Waals surface area contributed by atoms with Gasteiger partial charge < -0.3 is 5.32 Å². The fraction of sp³-hybridized carbons (Fsp3) is 0.550. The number of carbonyl (C=O) groups is 1. The minimum absolute atomic E-state index is 0.00882. The fourth-order valence-electron chi connectivity index (χ4n) is 3.29. The zero-order chi connectivity index (χ0) is 20.3. The van der Waals surface area contributed by atoms with Gasteiger partial charge in [-0.15, -0.1) is 10.2 Å². The summed E-state index contributed by atoms with van der Waals surface area (Å²) < 4.78 is 15.3. The van der Waals surface area contributed by atoms with Gasteiger partial charge in [-0.2, -0.15) is 0 Å². The Morgan fingerprint density at radius 3 is 2.46 bits per heavy atom. The molecule has 0 aliphatic heterocycles. The molecule has 6 nitrogen and oxygen atoms in total. The van der Waals surface area contributed by atoms with Crippen molar-refractivity contribution in [3.8, 4) is 5.69 Å². The summed E-state index contributed by atoms with van der Waals surface area (Å²) in [6.07, 6.45) is 4.47. The minimum atomic E-state index is -0.300. The number of nitrogens with zero attached hydrogens (tertiary/aromatic N) is 4. The summed E-state index contributed by atoms with van der Waals surface area (Å²) in [7, 11) is 3.94. The van der Waals surface area contributed by atoms with E-state index < -0.39 is 0 Å². The lowest BCUT2D eigenvalue weighted by Gasteiger charge is -2.21. The standard InChI is InChI=1S/C20H28FN5OS/c1-13(25(3)4)18-23-24-20(26(18)17-11-9-15(21)10-12-17)28-14(2)19(27)22-16-7-5-6-8-16/h9-14,16H,5-8H2,1-4H3,(H,22,27)/t13-,14-/m0/s1. The topological polar surface area (TPSA) is 63.1 Å². The number of hydrogen-bond acceptors (Lipinski definition) is 5. The fourth-order valence-corrected chi connectivity index (χ4v) is 4.18. The maximum absolute atomic E-state index is 13.4. The molecular weight excluding hydrogens is 377 g/mol. The van der Waals surface area contributed by atoms with Crippen LogP contribution in [0.1, 0.15) is 51.4 Å². The highest BCUT2D eigenvalue weighted by molar-refractivity contribution is 8.00. The van der Waals surface area contributed by atoms with E-state index in [4.69, 9.17) is 0 Å². The molecule has 1 aliphatic rings. The molecule has 0 unspecified atom stereocenters. The van der Waals surface area contributed by atoms with Crippen LogP contribution < -0.4 is 5.32 Å². The Kier molecular flexibility index (Phi) is 6.72. The highest BCUT2D eigenvalue weighted by Gasteiger charge is 2.26. The predicted molar refractivity (Wildman–Crippen MR) is 109 cm³/mol. The molecule has 0 saturated heterocycles. The Labute approximate surface area is 169 Å². The van der Waals surface area contributed by atoms with Gasteiger partial charge in [-0.05, 0) is 65.0 Å².